The van der Waals surface area contributed by atoms with Crippen molar-refractivity contribution in [2.75, 3.05) is 13.2 Å². The lowest BCUT2D eigenvalue weighted by Crippen LogP contribution is -2.01. The van der Waals surface area contributed by atoms with Gasteiger partial charge in [-0.05, 0) is 18.1 Å². The summed E-state index contributed by atoms with van der Waals surface area (Å²) in [6, 6.07) is 1.76. The summed E-state index contributed by atoms with van der Waals surface area (Å²) in [7, 11) is 0. The molecule has 1 aromatic rings. The topological polar surface area (TPSA) is 35.0 Å². The second-order valence-corrected chi connectivity index (χ2v) is 3.72. The molecule has 3 nitrogen and oxygen atoms in total. The van der Waals surface area contributed by atoms with Gasteiger partial charge in [0.15, 0.2) is 10.3 Å². The average molecular weight is 219 g/mol. The Kier molecular flexibility index (Phi) is 2.67. The Morgan fingerprint density at radius 1 is 1.38 bits per heavy atom. The SMILES string of the molecule is Clc1cc(C2CCOC2)c(Cl)nn1. The first-order valence-corrected chi connectivity index (χ1v) is 4.79. The van der Waals surface area contributed by atoms with Crippen LogP contribution in [-0.4, -0.2) is 23.4 Å². The minimum absolute atomic E-state index is 0.320. The highest BCUT2D eigenvalue weighted by molar-refractivity contribution is 6.31. The van der Waals surface area contributed by atoms with E-state index in [-0.39, 0.29) is 0 Å². The normalized spacial score (nSPS) is 22.2. The Morgan fingerprint density at radius 2 is 2.23 bits per heavy atom. The van der Waals surface area contributed by atoms with Gasteiger partial charge in [-0.25, -0.2) is 0 Å². The number of ether oxygens (including phenoxy) is 1. The molecule has 0 bridgehead atoms. The van der Waals surface area contributed by atoms with Gasteiger partial charge in [-0.1, -0.05) is 23.2 Å². The molecule has 0 radical (unpaired) electrons. The first-order chi connectivity index (χ1) is 6.27. The van der Waals surface area contributed by atoms with Gasteiger partial charge >= 0.3 is 0 Å². The number of hydrogen-bond donors (Lipinski definition) is 0. The average Bonchev–Trinajstić information content (AvgIpc) is 2.61. The summed E-state index contributed by atoms with van der Waals surface area (Å²) in [6.45, 7) is 1.47. The summed E-state index contributed by atoms with van der Waals surface area (Å²) >= 11 is 11.6. The van der Waals surface area contributed by atoms with Crippen LogP contribution in [0.4, 0.5) is 0 Å². The molecule has 0 spiro atoms. The maximum absolute atomic E-state index is 5.89. The monoisotopic (exact) mass is 218 g/mol. The van der Waals surface area contributed by atoms with Crippen LogP contribution in [-0.2, 0) is 4.74 Å². The van der Waals surface area contributed by atoms with Crippen molar-refractivity contribution < 1.29 is 4.74 Å². The van der Waals surface area contributed by atoms with Gasteiger partial charge in [-0.3, -0.25) is 0 Å². The zero-order chi connectivity index (χ0) is 9.26. The van der Waals surface area contributed by atoms with Crippen molar-refractivity contribution in [1.82, 2.24) is 10.2 Å². The van der Waals surface area contributed by atoms with Crippen molar-refractivity contribution in [1.29, 1.82) is 0 Å². The standard InChI is InChI=1S/C8H8Cl2N2O/c9-7-3-6(8(10)12-11-7)5-1-2-13-4-5/h3,5H,1-2,4H2. The second kappa shape index (κ2) is 3.78. The fourth-order valence-electron chi connectivity index (χ4n) is 1.43. The largest absolute Gasteiger partial charge is 0.381 e. The van der Waals surface area contributed by atoms with E-state index in [0.29, 0.717) is 22.8 Å². The minimum Gasteiger partial charge on any atom is -0.381 e. The van der Waals surface area contributed by atoms with Gasteiger partial charge in [0.25, 0.3) is 0 Å². The predicted molar refractivity (Wildman–Crippen MR) is 50.2 cm³/mol. The molecule has 1 unspecified atom stereocenters. The van der Waals surface area contributed by atoms with E-state index in [9.17, 15) is 0 Å². The van der Waals surface area contributed by atoms with Crippen LogP contribution >= 0.6 is 23.2 Å². The molecule has 13 heavy (non-hydrogen) atoms. The van der Waals surface area contributed by atoms with Crippen LogP contribution in [0.5, 0.6) is 0 Å². The van der Waals surface area contributed by atoms with Crippen LogP contribution in [0, 0.1) is 0 Å². The van der Waals surface area contributed by atoms with Gasteiger partial charge in [-0.2, -0.15) is 0 Å². The van der Waals surface area contributed by atoms with E-state index >= 15 is 0 Å². The summed E-state index contributed by atoms with van der Waals surface area (Å²) in [5.74, 6) is 0.320. The number of hydrogen-bond acceptors (Lipinski definition) is 3. The van der Waals surface area contributed by atoms with Gasteiger partial charge in [0, 0.05) is 12.5 Å². The van der Waals surface area contributed by atoms with E-state index in [2.05, 4.69) is 10.2 Å². The van der Waals surface area contributed by atoms with Crippen LogP contribution < -0.4 is 0 Å². The van der Waals surface area contributed by atoms with E-state index in [1.54, 1.807) is 6.07 Å². The molecule has 1 atom stereocenters. The first-order valence-electron chi connectivity index (χ1n) is 4.04. The van der Waals surface area contributed by atoms with Crippen LogP contribution in [0.3, 0.4) is 0 Å². The molecular formula is C8H8Cl2N2O. The van der Waals surface area contributed by atoms with Crippen molar-refractivity contribution in [2.45, 2.75) is 12.3 Å². The third kappa shape index (κ3) is 1.93. The van der Waals surface area contributed by atoms with Gasteiger partial charge in [-0.15, -0.1) is 10.2 Å². The van der Waals surface area contributed by atoms with Crippen LogP contribution in [0.25, 0.3) is 0 Å². The van der Waals surface area contributed by atoms with E-state index < -0.39 is 0 Å². The van der Waals surface area contributed by atoms with Gasteiger partial charge in [0.05, 0.1) is 6.61 Å². The van der Waals surface area contributed by atoms with Gasteiger partial charge in [0.2, 0.25) is 0 Å². The van der Waals surface area contributed by atoms with Crippen molar-refractivity contribution in [3.63, 3.8) is 0 Å². The lowest BCUT2D eigenvalue weighted by Gasteiger charge is -2.08. The van der Waals surface area contributed by atoms with Crippen LogP contribution in [0.1, 0.15) is 17.9 Å². The molecule has 2 heterocycles. The molecule has 70 valence electrons. The Morgan fingerprint density at radius 3 is 2.92 bits per heavy atom. The highest BCUT2D eigenvalue weighted by Gasteiger charge is 2.21. The molecule has 0 aliphatic carbocycles. The lowest BCUT2D eigenvalue weighted by molar-refractivity contribution is 0.194. The summed E-state index contributed by atoms with van der Waals surface area (Å²) in [6.07, 6.45) is 0.974. The lowest BCUT2D eigenvalue weighted by atomic mass is 10.0. The number of aromatic nitrogens is 2. The molecule has 1 aliphatic heterocycles. The minimum atomic E-state index is 0.320. The molecule has 1 fully saturated rings. The fraction of sp³-hybridized carbons (Fsp3) is 0.500. The van der Waals surface area contributed by atoms with E-state index in [1.165, 1.54) is 0 Å². The molecule has 0 saturated carbocycles. The highest BCUT2D eigenvalue weighted by Crippen LogP contribution is 2.30. The van der Waals surface area contributed by atoms with Crippen molar-refractivity contribution in [3.05, 3.63) is 21.9 Å². The zero-order valence-corrected chi connectivity index (χ0v) is 8.35. The zero-order valence-electron chi connectivity index (χ0n) is 6.83. The predicted octanol–water partition coefficient (Wildman–Crippen LogP) is 2.29. The van der Waals surface area contributed by atoms with Crippen molar-refractivity contribution >= 4 is 23.2 Å². The van der Waals surface area contributed by atoms with Gasteiger partial charge < -0.3 is 4.74 Å². The van der Waals surface area contributed by atoms with E-state index in [4.69, 9.17) is 27.9 Å². The molecule has 1 aromatic heterocycles. The maximum atomic E-state index is 5.89. The molecule has 0 N–H and O–H groups in total. The first kappa shape index (κ1) is 9.19. The quantitative estimate of drug-likeness (QED) is 0.726. The molecule has 5 heteroatoms. The van der Waals surface area contributed by atoms with Crippen LogP contribution in [0.15, 0.2) is 6.07 Å². The number of nitrogens with zero attached hydrogens (tertiary/aromatic N) is 2. The third-order valence-corrected chi connectivity index (χ3v) is 2.59. The smallest absolute Gasteiger partial charge is 0.155 e. The molecule has 2 rings (SSSR count). The Labute approximate surface area is 86.0 Å². The van der Waals surface area contributed by atoms with Crippen molar-refractivity contribution in [2.24, 2.45) is 0 Å². The summed E-state index contributed by atoms with van der Waals surface area (Å²) in [5, 5.41) is 8.22. The van der Waals surface area contributed by atoms with Crippen LogP contribution in [0.2, 0.25) is 10.3 Å². The van der Waals surface area contributed by atoms with E-state index in [0.717, 1.165) is 18.6 Å². The summed E-state index contributed by atoms with van der Waals surface area (Å²) in [5.41, 5.74) is 0.944. The highest BCUT2D eigenvalue weighted by atomic mass is 35.5. The molecule has 1 aliphatic rings. The number of rotatable bonds is 1. The molecular weight excluding hydrogens is 211 g/mol. The second-order valence-electron chi connectivity index (χ2n) is 2.97. The molecule has 0 aromatic carbocycles. The Hall–Kier alpha value is -0.380. The third-order valence-electron chi connectivity index (χ3n) is 2.12. The maximum Gasteiger partial charge on any atom is 0.155 e. The molecule has 1 saturated heterocycles. The molecule has 0 amide bonds. The van der Waals surface area contributed by atoms with E-state index in [1.807, 2.05) is 0 Å². The summed E-state index contributed by atoms with van der Waals surface area (Å²) in [4.78, 5) is 0. The van der Waals surface area contributed by atoms with Crippen molar-refractivity contribution in [3.8, 4) is 0 Å². The Bertz CT molecular complexity index is 313. The fourth-order valence-corrected chi connectivity index (χ4v) is 1.83. The van der Waals surface area contributed by atoms with Gasteiger partial charge in [0.1, 0.15) is 0 Å². The Balaban J connectivity index is 2.32. The number of halogens is 2. The summed E-state index contributed by atoms with van der Waals surface area (Å²) < 4.78 is 5.26.